The Labute approximate surface area is 193 Å². The maximum Gasteiger partial charge on any atom is 0.284 e. The van der Waals surface area contributed by atoms with Crippen LogP contribution >= 0.6 is 0 Å². The van der Waals surface area contributed by atoms with Crippen molar-refractivity contribution in [1.29, 1.82) is 5.26 Å². The number of benzene rings is 3. The Morgan fingerprint density at radius 2 is 1.56 bits per heavy atom. The van der Waals surface area contributed by atoms with Gasteiger partial charge in [0.2, 0.25) is 0 Å². The molecule has 0 aliphatic heterocycles. The van der Waals surface area contributed by atoms with Gasteiger partial charge in [-0.15, -0.1) is 0 Å². The molecule has 0 radical (unpaired) electrons. The first-order valence-electron chi connectivity index (χ1n) is 9.93. The van der Waals surface area contributed by atoms with E-state index >= 15 is 0 Å². The van der Waals surface area contributed by atoms with Crippen LogP contribution in [0.25, 0.3) is 12.2 Å². The molecule has 3 aromatic rings. The van der Waals surface area contributed by atoms with Crippen molar-refractivity contribution >= 4 is 40.6 Å². The lowest BCUT2D eigenvalue weighted by Crippen LogP contribution is -2.04. The van der Waals surface area contributed by atoms with Crippen molar-refractivity contribution in [3.8, 4) is 6.07 Å². The lowest BCUT2D eigenvalue weighted by Gasteiger charge is -2.03. The number of aliphatic hydroxyl groups is 1. The quantitative estimate of drug-likeness (QED) is 0.188. The highest BCUT2D eigenvalue weighted by molar-refractivity contribution is 5.79. The third-order valence-electron chi connectivity index (χ3n) is 4.60. The molecule has 0 atom stereocenters. The van der Waals surface area contributed by atoms with E-state index in [0.717, 1.165) is 17.8 Å². The van der Waals surface area contributed by atoms with E-state index < -0.39 is 21.2 Å². The third-order valence-corrected chi connectivity index (χ3v) is 4.60. The average molecular weight is 458 g/mol. The standard InChI is InChI=1S/C23H18N6O5/c24-15-17-13-21(28(31)32)14-23(29(33)34)22(17)10-3-16-1-4-19(5-2-16)26-27-20-8-6-18(7-9-20)25-11-12-30/h1-10,13-14,25,30H,11-12H2. The van der Waals surface area contributed by atoms with Gasteiger partial charge in [0.15, 0.2) is 0 Å². The van der Waals surface area contributed by atoms with Crippen LogP contribution in [-0.2, 0) is 0 Å². The zero-order valence-corrected chi connectivity index (χ0v) is 17.7. The Morgan fingerprint density at radius 1 is 0.941 bits per heavy atom. The first kappa shape index (κ1) is 23.7. The Bertz CT molecular complexity index is 1300. The molecular weight excluding hydrogens is 440 g/mol. The first-order chi connectivity index (χ1) is 16.4. The number of nitrogens with zero attached hydrogens (tertiary/aromatic N) is 5. The van der Waals surface area contributed by atoms with E-state index in [1.54, 1.807) is 48.5 Å². The lowest BCUT2D eigenvalue weighted by molar-refractivity contribution is -0.394. The van der Waals surface area contributed by atoms with E-state index in [-0.39, 0.29) is 17.7 Å². The van der Waals surface area contributed by atoms with Gasteiger partial charge in [0, 0.05) is 18.3 Å². The van der Waals surface area contributed by atoms with Gasteiger partial charge >= 0.3 is 0 Å². The summed E-state index contributed by atoms with van der Waals surface area (Å²) >= 11 is 0. The summed E-state index contributed by atoms with van der Waals surface area (Å²) in [5, 5.41) is 51.9. The summed E-state index contributed by atoms with van der Waals surface area (Å²) in [6, 6.07) is 17.7. The van der Waals surface area contributed by atoms with E-state index in [1.807, 2.05) is 12.1 Å². The second-order valence-corrected chi connectivity index (χ2v) is 6.87. The summed E-state index contributed by atoms with van der Waals surface area (Å²) in [7, 11) is 0. The van der Waals surface area contributed by atoms with Crippen LogP contribution in [0.2, 0.25) is 0 Å². The molecule has 0 amide bonds. The van der Waals surface area contributed by atoms with E-state index in [0.29, 0.717) is 23.5 Å². The van der Waals surface area contributed by atoms with Gasteiger partial charge in [0.25, 0.3) is 11.4 Å². The molecule has 0 aliphatic carbocycles. The van der Waals surface area contributed by atoms with Gasteiger partial charge in [-0.25, -0.2) is 0 Å². The predicted molar refractivity (Wildman–Crippen MR) is 126 cm³/mol. The molecule has 3 aromatic carbocycles. The van der Waals surface area contributed by atoms with Gasteiger partial charge < -0.3 is 10.4 Å². The van der Waals surface area contributed by atoms with Crippen LogP contribution in [0, 0.1) is 31.6 Å². The van der Waals surface area contributed by atoms with Crippen LogP contribution in [0.4, 0.5) is 28.4 Å². The molecule has 11 nitrogen and oxygen atoms in total. The van der Waals surface area contributed by atoms with E-state index in [2.05, 4.69) is 15.5 Å². The van der Waals surface area contributed by atoms with Crippen molar-refractivity contribution in [3.05, 3.63) is 97.6 Å². The zero-order chi connectivity index (χ0) is 24.5. The van der Waals surface area contributed by atoms with Crippen LogP contribution in [-0.4, -0.2) is 28.1 Å². The number of aliphatic hydroxyl groups excluding tert-OH is 1. The zero-order valence-electron chi connectivity index (χ0n) is 17.7. The van der Waals surface area contributed by atoms with Crippen LogP contribution in [0.1, 0.15) is 16.7 Å². The molecule has 0 heterocycles. The highest BCUT2D eigenvalue weighted by Gasteiger charge is 2.22. The van der Waals surface area contributed by atoms with Crippen molar-refractivity contribution in [2.45, 2.75) is 0 Å². The van der Waals surface area contributed by atoms with E-state index in [9.17, 15) is 25.5 Å². The fraction of sp³-hybridized carbons (Fsp3) is 0.0870. The molecule has 2 N–H and O–H groups in total. The number of anilines is 1. The summed E-state index contributed by atoms with van der Waals surface area (Å²) in [6.45, 7) is 0.494. The third kappa shape index (κ3) is 6.06. The summed E-state index contributed by atoms with van der Waals surface area (Å²) in [5.74, 6) is 0. The fourth-order valence-corrected chi connectivity index (χ4v) is 2.94. The van der Waals surface area contributed by atoms with Crippen molar-refractivity contribution in [2.75, 3.05) is 18.5 Å². The minimum atomic E-state index is -0.781. The van der Waals surface area contributed by atoms with Gasteiger partial charge in [-0.1, -0.05) is 18.2 Å². The highest BCUT2D eigenvalue weighted by Crippen LogP contribution is 2.30. The van der Waals surface area contributed by atoms with Crippen LogP contribution < -0.4 is 5.32 Å². The van der Waals surface area contributed by atoms with E-state index in [4.69, 9.17) is 5.11 Å². The average Bonchev–Trinajstić information content (AvgIpc) is 2.85. The Morgan fingerprint density at radius 3 is 2.09 bits per heavy atom. The van der Waals surface area contributed by atoms with Crippen LogP contribution in [0.3, 0.4) is 0 Å². The molecule has 0 unspecified atom stereocenters. The second kappa shape index (κ2) is 11.1. The molecule has 11 heteroatoms. The lowest BCUT2D eigenvalue weighted by atomic mass is 10.0. The second-order valence-electron chi connectivity index (χ2n) is 6.87. The first-order valence-corrected chi connectivity index (χ1v) is 9.93. The van der Waals surface area contributed by atoms with Crippen molar-refractivity contribution in [1.82, 2.24) is 0 Å². The molecule has 0 fully saturated rings. The SMILES string of the molecule is N#Cc1cc([N+](=O)[O-])cc([N+](=O)[O-])c1C=Cc1ccc(N=Nc2ccc(NCCO)cc2)cc1. The summed E-state index contributed by atoms with van der Waals surface area (Å²) in [6.07, 6.45) is 2.94. The highest BCUT2D eigenvalue weighted by atomic mass is 16.6. The van der Waals surface area contributed by atoms with Crippen molar-refractivity contribution < 1.29 is 15.0 Å². The number of hydrogen-bond donors (Lipinski definition) is 2. The molecule has 0 saturated carbocycles. The van der Waals surface area contributed by atoms with Gasteiger partial charge in [-0.05, 0) is 48.0 Å². The number of azo groups is 1. The Hall–Kier alpha value is -4.95. The number of rotatable bonds is 9. The minimum Gasteiger partial charge on any atom is -0.395 e. The maximum absolute atomic E-state index is 11.4. The number of nitriles is 1. The Kier molecular flexibility index (Phi) is 7.72. The predicted octanol–water partition coefficient (Wildman–Crippen LogP) is 5.36. The van der Waals surface area contributed by atoms with Gasteiger partial charge in [-0.2, -0.15) is 15.5 Å². The molecule has 0 aromatic heterocycles. The van der Waals surface area contributed by atoms with Gasteiger partial charge in [-0.3, -0.25) is 20.2 Å². The molecule has 34 heavy (non-hydrogen) atoms. The van der Waals surface area contributed by atoms with Gasteiger partial charge in [0.05, 0.1) is 45.0 Å². The molecular formula is C23H18N6O5. The Balaban J connectivity index is 1.76. The van der Waals surface area contributed by atoms with Crippen LogP contribution in [0.5, 0.6) is 0 Å². The number of nitro groups is 2. The summed E-state index contributed by atoms with van der Waals surface area (Å²) in [5.41, 5.74) is 1.54. The van der Waals surface area contributed by atoms with Gasteiger partial charge in [0.1, 0.15) is 6.07 Å². The topological polar surface area (TPSA) is 167 Å². The smallest absolute Gasteiger partial charge is 0.284 e. The largest absolute Gasteiger partial charge is 0.395 e. The molecule has 0 aliphatic rings. The maximum atomic E-state index is 11.4. The monoisotopic (exact) mass is 458 g/mol. The fourth-order valence-electron chi connectivity index (χ4n) is 2.94. The molecule has 0 spiro atoms. The number of hydrogen-bond acceptors (Lipinski definition) is 9. The number of non-ortho nitro benzene ring substituents is 1. The van der Waals surface area contributed by atoms with Crippen molar-refractivity contribution in [2.24, 2.45) is 10.2 Å². The minimum absolute atomic E-state index is 0.0150. The van der Waals surface area contributed by atoms with Crippen LogP contribution in [0.15, 0.2) is 70.9 Å². The molecule has 3 rings (SSSR count). The molecule has 170 valence electrons. The normalized spacial score (nSPS) is 10.9. The summed E-state index contributed by atoms with van der Waals surface area (Å²) < 4.78 is 0. The molecule has 0 saturated heterocycles. The summed E-state index contributed by atoms with van der Waals surface area (Å²) in [4.78, 5) is 20.8. The van der Waals surface area contributed by atoms with Crippen molar-refractivity contribution in [3.63, 3.8) is 0 Å². The number of nitrogens with one attached hydrogen (secondary N) is 1. The number of nitro benzene ring substituents is 2. The molecule has 0 bridgehead atoms. The van der Waals surface area contributed by atoms with E-state index in [1.165, 1.54) is 6.08 Å².